The number of halogens is 2. The van der Waals surface area contributed by atoms with Gasteiger partial charge in [0.15, 0.2) is 0 Å². The lowest BCUT2D eigenvalue weighted by Gasteiger charge is -2.21. The molecule has 0 radical (unpaired) electrons. The molecule has 2 aromatic carbocycles. The molecule has 0 bridgehead atoms. The zero-order chi connectivity index (χ0) is 18.8. The van der Waals surface area contributed by atoms with Crippen molar-refractivity contribution in [3.63, 3.8) is 0 Å². The van der Waals surface area contributed by atoms with Crippen molar-refractivity contribution >= 4 is 17.5 Å². The number of benzene rings is 2. The second-order valence-electron chi connectivity index (χ2n) is 6.48. The van der Waals surface area contributed by atoms with Gasteiger partial charge in [-0.05, 0) is 42.7 Å². The predicted octanol–water partition coefficient (Wildman–Crippen LogP) is 4.44. The Labute approximate surface area is 160 Å². The van der Waals surface area contributed by atoms with Crippen LogP contribution in [0, 0.1) is 5.82 Å². The number of aromatic nitrogens is 2. The number of nitrogens with zero attached hydrogens (tertiary/aromatic N) is 3. The quantitative estimate of drug-likeness (QED) is 0.666. The van der Waals surface area contributed by atoms with E-state index in [2.05, 4.69) is 10.1 Å². The van der Waals surface area contributed by atoms with Gasteiger partial charge in [0.1, 0.15) is 11.9 Å². The molecule has 1 unspecified atom stereocenters. The Bertz CT molecular complexity index is 958. The summed E-state index contributed by atoms with van der Waals surface area (Å²) < 4.78 is 18.5. The van der Waals surface area contributed by atoms with Crippen LogP contribution in [0.5, 0.6) is 0 Å². The topological polar surface area (TPSA) is 59.2 Å². The van der Waals surface area contributed by atoms with Crippen LogP contribution in [0.2, 0.25) is 5.02 Å². The summed E-state index contributed by atoms with van der Waals surface area (Å²) in [7, 11) is 0. The average molecular weight is 386 g/mol. The maximum absolute atomic E-state index is 13.0. The van der Waals surface area contributed by atoms with Crippen molar-refractivity contribution < 1.29 is 13.7 Å². The monoisotopic (exact) mass is 385 g/mol. The van der Waals surface area contributed by atoms with Crippen LogP contribution >= 0.6 is 11.6 Å². The fourth-order valence-corrected chi connectivity index (χ4v) is 3.54. The Morgan fingerprint density at radius 2 is 2.00 bits per heavy atom. The lowest BCUT2D eigenvalue weighted by molar-refractivity contribution is -0.131. The normalized spacial score (nSPS) is 16.7. The van der Waals surface area contributed by atoms with Gasteiger partial charge in [-0.25, -0.2) is 4.39 Å². The van der Waals surface area contributed by atoms with Gasteiger partial charge >= 0.3 is 0 Å². The van der Waals surface area contributed by atoms with Gasteiger partial charge in [-0.3, -0.25) is 4.79 Å². The van der Waals surface area contributed by atoms with Crippen molar-refractivity contribution in [2.75, 3.05) is 6.54 Å². The van der Waals surface area contributed by atoms with Crippen LogP contribution in [0.1, 0.15) is 30.3 Å². The summed E-state index contributed by atoms with van der Waals surface area (Å²) >= 11 is 6.20. The minimum atomic E-state index is -0.316. The Kier molecular flexibility index (Phi) is 4.90. The zero-order valence-corrected chi connectivity index (χ0v) is 15.2. The number of hydrogen-bond acceptors (Lipinski definition) is 4. The first kappa shape index (κ1) is 17.7. The molecule has 0 N–H and O–H groups in total. The summed E-state index contributed by atoms with van der Waals surface area (Å²) in [5.74, 6) is 0.466. The van der Waals surface area contributed by atoms with Gasteiger partial charge in [0.05, 0.1) is 11.4 Å². The minimum Gasteiger partial charge on any atom is -0.337 e. The summed E-state index contributed by atoms with van der Waals surface area (Å²) in [5, 5.41) is 4.57. The van der Waals surface area contributed by atoms with Crippen molar-refractivity contribution in [1.29, 1.82) is 0 Å². The van der Waals surface area contributed by atoms with E-state index in [0.717, 1.165) is 18.4 Å². The minimum absolute atomic E-state index is 0.0402. The molecule has 0 aliphatic carbocycles. The van der Waals surface area contributed by atoms with E-state index in [4.69, 9.17) is 16.1 Å². The molecule has 0 saturated carbocycles. The summed E-state index contributed by atoms with van der Waals surface area (Å²) in [6.07, 6.45) is 1.84. The lowest BCUT2D eigenvalue weighted by atomic mass is 10.1. The third kappa shape index (κ3) is 3.71. The fourth-order valence-electron chi connectivity index (χ4n) is 3.32. The van der Waals surface area contributed by atoms with Crippen molar-refractivity contribution in [1.82, 2.24) is 15.0 Å². The highest BCUT2D eigenvalue weighted by molar-refractivity contribution is 6.33. The smallest absolute Gasteiger partial charge is 0.249 e. The maximum Gasteiger partial charge on any atom is 0.249 e. The third-order valence-electron chi connectivity index (χ3n) is 4.68. The van der Waals surface area contributed by atoms with Crippen LogP contribution < -0.4 is 0 Å². The van der Waals surface area contributed by atoms with Crippen LogP contribution in [0.3, 0.4) is 0 Å². The molecule has 138 valence electrons. The largest absolute Gasteiger partial charge is 0.337 e. The highest BCUT2D eigenvalue weighted by atomic mass is 35.5. The number of hydrogen-bond donors (Lipinski definition) is 0. The highest BCUT2D eigenvalue weighted by Crippen LogP contribution is 2.33. The van der Waals surface area contributed by atoms with E-state index in [1.54, 1.807) is 23.1 Å². The fraction of sp³-hybridized carbons (Fsp3) is 0.250. The molecule has 7 heteroatoms. The molecule has 1 amide bonds. The number of amides is 1. The second kappa shape index (κ2) is 7.48. The molecule has 3 aromatic rings. The van der Waals surface area contributed by atoms with Gasteiger partial charge in [0, 0.05) is 12.1 Å². The standard InChI is InChI=1S/C20H17ClFN3O2/c21-16-5-2-1-4-15(16)19-23-20(27-24-19)17-6-3-11-25(17)18(26)12-13-7-9-14(22)10-8-13/h1-2,4-5,7-10,17H,3,6,11-12H2. The Balaban J connectivity index is 1.52. The van der Waals surface area contributed by atoms with Gasteiger partial charge in [-0.15, -0.1) is 0 Å². The molecule has 1 fully saturated rings. The molecule has 1 aliphatic rings. The Morgan fingerprint density at radius 1 is 1.22 bits per heavy atom. The van der Waals surface area contributed by atoms with Crippen molar-refractivity contribution in [3.8, 4) is 11.4 Å². The molecule has 0 spiro atoms. The Morgan fingerprint density at radius 3 is 2.78 bits per heavy atom. The first-order chi connectivity index (χ1) is 13.1. The van der Waals surface area contributed by atoms with Crippen molar-refractivity contribution in [2.24, 2.45) is 0 Å². The molecule has 27 heavy (non-hydrogen) atoms. The van der Waals surface area contributed by atoms with E-state index in [1.807, 2.05) is 18.2 Å². The van der Waals surface area contributed by atoms with Crippen molar-refractivity contribution in [2.45, 2.75) is 25.3 Å². The van der Waals surface area contributed by atoms with Crippen molar-refractivity contribution in [3.05, 3.63) is 70.8 Å². The van der Waals surface area contributed by atoms with Crippen LogP contribution in [0.15, 0.2) is 53.1 Å². The van der Waals surface area contributed by atoms with Crippen LogP contribution in [0.4, 0.5) is 4.39 Å². The van der Waals surface area contributed by atoms with Crippen LogP contribution in [-0.4, -0.2) is 27.5 Å². The molecular weight excluding hydrogens is 369 g/mol. The van der Waals surface area contributed by atoms with Crippen LogP contribution in [0.25, 0.3) is 11.4 Å². The van der Waals surface area contributed by atoms with E-state index in [0.29, 0.717) is 28.8 Å². The third-order valence-corrected chi connectivity index (χ3v) is 5.01. The molecule has 1 aromatic heterocycles. The second-order valence-corrected chi connectivity index (χ2v) is 6.89. The van der Waals surface area contributed by atoms with E-state index in [1.165, 1.54) is 12.1 Å². The zero-order valence-electron chi connectivity index (χ0n) is 14.4. The summed E-state index contributed by atoms with van der Waals surface area (Å²) in [6, 6.07) is 13.0. The SMILES string of the molecule is O=C(Cc1ccc(F)cc1)N1CCCC1c1nc(-c2ccccc2Cl)no1. The molecule has 1 atom stereocenters. The average Bonchev–Trinajstić information content (AvgIpc) is 3.33. The Hall–Kier alpha value is -2.73. The van der Waals surface area contributed by atoms with Gasteiger partial charge < -0.3 is 9.42 Å². The van der Waals surface area contributed by atoms with Gasteiger partial charge in [-0.2, -0.15) is 4.98 Å². The van der Waals surface area contributed by atoms with E-state index < -0.39 is 0 Å². The summed E-state index contributed by atoms with van der Waals surface area (Å²) in [4.78, 5) is 19.0. The first-order valence-electron chi connectivity index (χ1n) is 8.74. The summed E-state index contributed by atoms with van der Waals surface area (Å²) in [5.41, 5.74) is 1.46. The predicted molar refractivity (Wildman–Crippen MR) is 98.5 cm³/mol. The molecule has 4 rings (SSSR count). The molecular formula is C20H17ClFN3O2. The maximum atomic E-state index is 13.0. The first-order valence-corrected chi connectivity index (χ1v) is 9.12. The highest BCUT2D eigenvalue weighted by Gasteiger charge is 2.34. The lowest BCUT2D eigenvalue weighted by Crippen LogP contribution is -2.32. The summed E-state index contributed by atoms with van der Waals surface area (Å²) in [6.45, 7) is 0.633. The van der Waals surface area contributed by atoms with E-state index in [9.17, 15) is 9.18 Å². The van der Waals surface area contributed by atoms with Gasteiger partial charge in [0.2, 0.25) is 17.6 Å². The molecule has 2 heterocycles. The molecule has 1 aliphatic heterocycles. The number of rotatable bonds is 4. The number of carbonyl (C=O) groups excluding carboxylic acids is 1. The van der Waals surface area contributed by atoms with Gasteiger partial charge in [0.25, 0.3) is 0 Å². The number of carbonyl (C=O) groups is 1. The molecule has 1 saturated heterocycles. The van der Waals surface area contributed by atoms with E-state index in [-0.39, 0.29) is 24.2 Å². The van der Waals surface area contributed by atoms with Gasteiger partial charge in [-0.1, -0.05) is 41.0 Å². The van der Waals surface area contributed by atoms with E-state index >= 15 is 0 Å². The van der Waals surface area contributed by atoms with Crippen LogP contribution in [-0.2, 0) is 11.2 Å². The number of likely N-dealkylation sites (tertiary alicyclic amines) is 1. The molecule has 5 nitrogen and oxygen atoms in total.